The molecule has 0 unspecified atom stereocenters. The molecule has 0 atom stereocenters. The smallest absolute Gasteiger partial charge is 0.259 e. The van der Waals surface area contributed by atoms with Crippen molar-refractivity contribution in [1.82, 2.24) is 0 Å². The number of aliphatic hydroxyl groups excluding tert-OH is 1. The van der Waals surface area contributed by atoms with E-state index in [1.165, 1.54) is 6.07 Å². The monoisotopic (exact) mass is 240 g/mol. The van der Waals surface area contributed by atoms with Gasteiger partial charge in [0.2, 0.25) is 5.78 Å². The molecule has 0 aromatic heterocycles. The highest BCUT2D eigenvalue weighted by Gasteiger charge is 2.25. The minimum atomic E-state index is -0.902. The first kappa shape index (κ1) is 11.6. The van der Waals surface area contributed by atoms with Crippen LogP contribution in [0.2, 0.25) is 0 Å². The average molecular weight is 240 g/mol. The highest BCUT2D eigenvalue weighted by atomic mass is 16.3. The van der Waals surface area contributed by atoms with Gasteiger partial charge in [0.05, 0.1) is 0 Å². The molecule has 0 fully saturated rings. The highest BCUT2D eigenvalue weighted by Crippen LogP contribution is 2.30. The number of nitrogens with zero attached hydrogens (tertiary/aromatic N) is 1. The molecule has 88 valence electrons. The van der Waals surface area contributed by atoms with Crippen molar-refractivity contribution in [3.8, 4) is 6.07 Å². The molecule has 2 rings (SSSR count). The van der Waals surface area contributed by atoms with Crippen LogP contribution in [0.25, 0.3) is 5.57 Å². The summed E-state index contributed by atoms with van der Waals surface area (Å²) in [5.41, 5.74) is 5.62. The molecule has 1 aromatic carbocycles. The van der Waals surface area contributed by atoms with Gasteiger partial charge in [0.25, 0.3) is 5.91 Å². The number of ketones is 1. The van der Waals surface area contributed by atoms with Gasteiger partial charge in [0.1, 0.15) is 11.6 Å². The maximum absolute atomic E-state index is 11.7. The molecule has 1 aliphatic rings. The zero-order valence-electron chi connectivity index (χ0n) is 9.18. The quantitative estimate of drug-likeness (QED) is 0.566. The van der Waals surface area contributed by atoms with Crippen molar-refractivity contribution in [2.24, 2.45) is 5.73 Å². The number of benzene rings is 1. The van der Waals surface area contributed by atoms with Crippen molar-refractivity contribution in [3.63, 3.8) is 0 Å². The third kappa shape index (κ3) is 1.66. The molecule has 18 heavy (non-hydrogen) atoms. The molecule has 3 N–H and O–H groups in total. The van der Waals surface area contributed by atoms with E-state index in [2.05, 4.69) is 0 Å². The van der Waals surface area contributed by atoms with Crippen LogP contribution in [-0.4, -0.2) is 16.8 Å². The molecule has 1 amide bonds. The number of hydrogen-bond donors (Lipinski definition) is 2. The second-order valence-electron chi connectivity index (χ2n) is 3.67. The van der Waals surface area contributed by atoms with Crippen molar-refractivity contribution in [1.29, 1.82) is 5.26 Å². The van der Waals surface area contributed by atoms with Crippen molar-refractivity contribution in [2.45, 2.75) is 0 Å². The molecule has 0 aliphatic heterocycles. The number of nitriles is 1. The molecule has 1 aromatic rings. The molecule has 0 radical (unpaired) electrons. The summed E-state index contributed by atoms with van der Waals surface area (Å²) in [4.78, 5) is 22.9. The number of allylic oxidation sites excluding steroid dienone is 3. The second-order valence-corrected chi connectivity index (χ2v) is 3.67. The summed E-state index contributed by atoms with van der Waals surface area (Å²) >= 11 is 0. The first-order chi connectivity index (χ1) is 8.56. The molecule has 0 bridgehead atoms. The van der Waals surface area contributed by atoms with Crippen molar-refractivity contribution in [3.05, 3.63) is 52.8 Å². The van der Waals surface area contributed by atoms with Gasteiger partial charge < -0.3 is 10.8 Å². The third-order valence-corrected chi connectivity index (χ3v) is 2.60. The fraction of sp³-hybridized carbons (Fsp3) is 0. The van der Waals surface area contributed by atoms with E-state index in [9.17, 15) is 14.7 Å². The number of Topliss-reactive ketones (excluding diaryl/α,β-unsaturated/α-hetero) is 1. The lowest BCUT2D eigenvalue weighted by molar-refractivity contribution is -0.114. The van der Waals surface area contributed by atoms with E-state index in [-0.39, 0.29) is 16.7 Å². The maximum Gasteiger partial charge on any atom is 0.259 e. The molecule has 5 nitrogen and oxygen atoms in total. The Bertz CT molecular complexity index is 663. The molecule has 1 aliphatic carbocycles. The molecule has 0 spiro atoms. The number of carbonyl (C=O) groups excluding carboxylic acids is 2. The number of hydrogen-bond acceptors (Lipinski definition) is 4. The van der Waals surface area contributed by atoms with Gasteiger partial charge >= 0.3 is 0 Å². The zero-order chi connectivity index (χ0) is 13.3. The third-order valence-electron chi connectivity index (χ3n) is 2.60. The number of aliphatic hydroxyl groups is 1. The Kier molecular flexibility index (Phi) is 2.70. The van der Waals surface area contributed by atoms with Gasteiger partial charge in [0, 0.05) is 11.1 Å². The van der Waals surface area contributed by atoms with Gasteiger partial charge in [-0.15, -0.1) is 0 Å². The Balaban J connectivity index is 2.82. The van der Waals surface area contributed by atoms with Crippen molar-refractivity contribution >= 4 is 17.3 Å². The molecular formula is C13H8N2O3. The predicted molar refractivity (Wildman–Crippen MR) is 63.2 cm³/mol. The van der Waals surface area contributed by atoms with E-state index in [0.717, 1.165) is 6.08 Å². The normalized spacial score (nSPS) is 16.4. The van der Waals surface area contributed by atoms with E-state index < -0.39 is 17.4 Å². The molecule has 0 saturated heterocycles. The van der Waals surface area contributed by atoms with Crippen LogP contribution in [0.3, 0.4) is 0 Å². The van der Waals surface area contributed by atoms with Crippen LogP contribution >= 0.6 is 0 Å². The van der Waals surface area contributed by atoms with E-state index in [1.807, 2.05) is 0 Å². The summed E-state index contributed by atoms with van der Waals surface area (Å²) in [6, 6.07) is 8.08. The van der Waals surface area contributed by atoms with Gasteiger partial charge in [0.15, 0.2) is 5.76 Å². The largest absolute Gasteiger partial charge is 0.504 e. The van der Waals surface area contributed by atoms with Gasteiger partial charge in [-0.05, 0) is 11.6 Å². The molecular weight excluding hydrogens is 232 g/mol. The Morgan fingerprint density at radius 3 is 2.44 bits per heavy atom. The van der Waals surface area contributed by atoms with E-state index >= 15 is 0 Å². The van der Waals surface area contributed by atoms with Crippen LogP contribution in [-0.2, 0) is 4.79 Å². The van der Waals surface area contributed by atoms with Crippen molar-refractivity contribution < 1.29 is 14.7 Å². The maximum atomic E-state index is 11.7. The first-order valence-corrected chi connectivity index (χ1v) is 5.05. The summed E-state index contributed by atoms with van der Waals surface area (Å²) in [6.07, 6.45) is 1.09. The Morgan fingerprint density at radius 1 is 1.28 bits per heavy atom. The van der Waals surface area contributed by atoms with Crippen LogP contribution in [0.4, 0.5) is 0 Å². The number of amides is 1. The lowest BCUT2D eigenvalue weighted by Crippen LogP contribution is -2.18. The fourth-order valence-corrected chi connectivity index (χ4v) is 1.79. The first-order valence-electron chi connectivity index (χ1n) is 5.05. The topological polar surface area (TPSA) is 104 Å². The van der Waals surface area contributed by atoms with Crippen LogP contribution in [0.5, 0.6) is 0 Å². The van der Waals surface area contributed by atoms with Crippen molar-refractivity contribution in [2.75, 3.05) is 0 Å². The Morgan fingerprint density at radius 2 is 1.89 bits per heavy atom. The number of primary amides is 1. The minimum Gasteiger partial charge on any atom is -0.504 e. The predicted octanol–water partition coefficient (Wildman–Crippen LogP) is 1.09. The SMILES string of the molecule is N#C/C(C(N)=O)=C1\C=C(O)C(=O)c2ccccc21. The van der Waals surface area contributed by atoms with Crippen LogP contribution < -0.4 is 5.73 Å². The fourth-order valence-electron chi connectivity index (χ4n) is 1.79. The summed E-state index contributed by atoms with van der Waals surface area (Å²) < 4.78 is 0. The van der Waals surface area contributed by atoms with Crippen LogP contribution in [0.15, 0.2) is 41.7 Å². The lowest BCUT2D eigenvalue weighted by Gasteiger charge is -2.15. The number of fused-ring (bicyclic) bond motifs is 1. The van der Waals surface area contributed by atoms with Gasteiger partial charge in [-0.2, -0.15) is 5.26 Å². The van der Waals surface area contributed by atoms with E-state index in [0.29, 0.717) is 5.56 Å². The van der Waals surface area contributed by atoms with Gasteiger partial charge in [-0.25, -0.2) is 0 Å². The van der Waals surface area contributed by atoms with Crippen LogP contribution in [0.1, 0.15) is 15.9 Å². The van der Waals surface area contributed by atoms with Gasteiger partial charge in [-0.1, -0.05) is 24.3 Å². The number of nitrogens with two attached hydrogens (primary N) is 1. The lowest BCUT2D eigenvalue weighted by atomic mass is 9.88. The zero-order valence-corrected chi connectivity index (χ0v) is 9.18. The summed E-state index contributed by atoms with van der Waals surface area (Å²) in [5, 5.41) is 18.5. The Hall–Kier alpha value is -2.87. The Labute approximate surface area is 102 Å². The van der Waals surface area contributed by atoms with E-state index in [1.54, 1.807) is 24.3 Å². The van der Waals surface area contributed by atoms with E-state index in [4.69, 9.17) is 11.0 Å². The standard InChI is InChI=1S/C13H8N2O3/c14-6-10(13(15)18)9-5-11(16)12(17)8-4-2-1-3-7(8)9/h1-5,16H,(H2,15,18)/b10-9-. The average Bonchev–Trinajstić information content (AvgIpc) is 2.36. The summed E-state index contributed by atoms with van der Waals surface area (Å²) in [7, 11) is 0. The van der Waals surface area contributed by atoms with Crippen LogP contribution in [0, 0.1) is 11.3 Å². The molecule has 5 heteroatoms. The second kappa shape index (κ2) is 4.18. The number of rotatable bonds is 1. The molecule has 0 saturated carbocycles. The summed E-state index contributed by atoms with van der Waals surface area (Å²) in [5.74, 6) is -1.96. The summed E-state index contributed by atoms with van der Waals surface area (Å²) in [6.45, 7) is 0. The number of carbonyl (C=O) groups is 2. The van der Waals surface area contributed by atoms with Gasteiger partial charge in [-0.3, -0.25) is 9.59 Å². The minimum absolute atomic E-state index is 0.165. The highest BCUT2D eigenvalue weighted by molar-refractivity contribution is 6.17. The molecule has 0 heterocycles.